The Hall–Kier alpha value is -3.42. The minimum Gasteiger partial charge on any atom is -0.452 e. The molecule has 8 heteroatoms. The van der Waals surface area contributed by atoms with E-state index in [9.17, 15) is 9.59 Å². The number of hydrogen-bond acceptors (Lipinski definition) is 6. The van der Waals surface area contributed by atoms with Gasteiger partial charge >= 0.3 is 5.97 Å². The van der Waals surface area contributed by atoms with Crippen LogP contribution in [0.3, 0.4) is 0 Å². The first-order valence-corrected chi connectivity index (χ1v) is 7.54. The van der Waals surface area contributed by atoms with Gasteiger partial charge in [0, 0.05) is 18.0 Å². The van der Waals surface area contributed by atoms with Crippen LogP contribution in [0.5, 0.6) is 0 Å². The second kappa shape index (κ2) is 7.00. The first-order chi connectivity index (χ1) is 12.0. The van der Waals surface area contributed by atoms with E-state index in [4.69, 9.17) is 9.26 Å². The van der Waals surface area contributed by atoms with E-state index in [1.807, 2.05) is 13.0 Å². The van der Waals surface area contributed by atoms with Crippen LogP contribution >= 0.6 is 0 Å². The smallest absolute Gasteiger partial charge is 0.338 e. The topological polar surface area (TPSA) is 99.2 Å². The summed E-state index contributed by atoms with van der Waals surface area (Å²) in [5.74, 6) is -0.238. The van der Waals surface area contributed by atoms with Crippen LogP contribution in [0.25, 0.3) is 5.69 Å². The van der Waals surface area contributed by atoms with Gasteiger partial charge in [-0.25, -0.2) is 9.48 Å². The van der Waals surface area contributed by atoms with Crippen LogP contribution in [0.1, 0.15) is 21.8 Å². The standard InChI is InChI=1S/C17H16N4O4/c1-11-7-8-18-21(11)14-5-3-13(4-6-14)17(23)24-10-16(22)19-15-9-12(2)25-20-15/h3-9H,10H2,1-2H3,(H,19,20,22). The highest BCUT2D eigenvalue weighted by atomic mass is 16.5. The third-order valence-corrected chi connectivity index (χ3v) is 3.41. The van der Waals surface area contributed by atoms with Crippen molar-refractivity contribution < 1.29 is 18.8 Å². The molecule has 0 atom stereocenters. The molecular formula is C17H16N4O4. The SMILES string of the molecule is Cc1cc(NC(=O)COC(=O)c2ccc(-n3nccc3C)cc2)no1. The molecule has 0 fully saturated rings. The molecule has 0 saturated heterocycles. The molecule has 0 saturated carbocycles. The van der Waals surface area contributed by atoms with Gasteiger partial charge in [-0.3, -0.25) is 4.79 Å². The van der Waals surface area contributed by atoms with Gasteiger partial charge in [0.1, 0.15) is 5.76 Å². The molecule has 0 aliphatic rings. The predicted octanol–water partition coefficient (Wildman–Crippen LogP) is 2.27. The highest BCUT2D eigenvalue weighted by molar-refractivity contribution is 5.95. The van der Waals surface area contributed by atoms with Crippen LogP contribution < -0.4 is 5.32 Å². The van der Waals surface area contributed by atoms with Gasteiger partial charge in [0.2, 0.25) is 0 Å². The third-order valence-electron chi connectivity index (χ3n) is 3.41. The van der Waals surface area contributed by atoms with Crippen LogP contribution in [0.15, 0.2) is 47.1 Å². The Morgan fingerprint density at radius 2 is 1.96 bits per heavy atom. The molecular weight excluding hydrogens is 324 g/mol. The number of rotatable bonds is 5. The molecule has 25 heavy (non-hydrogen) atoms. The van der Waals surface area contributed by atoms with Crippen molar-refractivity contribution in [2.45, 2.75) is 13.8 Å². The largest absolute Gasteiger partial charge is 0.452 e. The van der Waals surface area contributed by atoms with E-state index in [-0.39, 0.29) is 5.82 Å². The molecule has 0 aliphatic carbocycles. The summed E-state index contributed by atoms with van der Waals surface area (Å²) in [7, 11) is 0. The molecule has 8 nitrogen and oxygen atoms in total. The van der Waals surface area contributed by atoms with Crippen molar-refractivity contribution in [2.24, 2.45) is 0 Å². The Bertz CT molecular complexity index is 896. The van der Waals surface area contributed by atoms with Gasteiger partial charge in [0.25, 0.3) is 5.91 Å². The fourth-order valence-electron chi connectivity index (χ4n) is 2.20. The maximum absolute atomic E-state index is 12.0. The molecule has 2 aromatic heterocycles. The molecule has 0 aliphatic heterocycles. The van der Waals surface area contributed by atoms with Crippen molar-refractivity contribution in [3.05, 3.63) is 59.6 Å². The quantitative estimate of drug-likeness (QED) is 0.715. The second-order valence-electron chi connectivity index (χ2n) is 5.38. The Balaban J connectivity index is 1.56. The van der Waals surface area contributed by atoms with Gasteiger partial charge in [0.05, 0.1) is 11.3 Å². The van der Waals surface area contributed by atoms with Crippen LogP contribution in [0.2, 0.25) is 0 Å². The average Bonchev–Trinajstić information content (AvgIpc) is 3.21. The Kier molecular flexibility index (Phi) is 4.60. The lowest BCUT2D eigenvalue weighted by molar-refractivity contribution is -0.119. The summed E-state index contributed by atoms with van der Waals surface area (Å²) in [5, 5.41) is 10.3. The number of benzene rings is 1. The number of nitrogens with zero attached hydrogens (tertiary/aromatic N) is 3. The molecule has 3 aromatic rings. The molecule has 1 amide bonds. The maximum Gasteiger partial charge on any atom is 0.338 e. The van der Waals surface area contributed by atoms with Crippen LogP contribution in [0, 0.1) is 13.8 Å². The molecule has 128 valence electrons. The molecule has 1 N–H and O–H groups in total. The molecule has 2 heterocycles. The second-order valence-corrected chi connectivity index (χ2v) is 5.38. The lowest BCUT2D eigenvalue weighted by Gasteiger charge is -2.07. The molecule has 0 spiro atoms. The van der Waals surface area contributed by atoms with Gasteiger partial charge in [-0.2, -0.15) is 5.10 Å². The lowest BCUT2D eigenvalue weighted by atomic mass is 10.2. The summed E-state index contributed by atoms with van der Waals surface area (Å²) in [6.45, 7) is 3.23. The van der Waals surface area contributed by atoms with Crippen LogP contribution in [0.4, 0.5) is 5.82 Å². The third kappa shape index (κ3) is 3.92. The number of anilines is 1. The molecule has 3 rings (SSSR count). The predicted molar refractivity (Wildman–Crippen MR) is 88.5 cm³/mol. The monoisotopic (exact) mass is 340 g/mol. The Labute approximate surface area is 143 Å². The highest BCUT2D eigenvalue weighted by Gasteiger charge is 2.12. The van der Waals surface area contributed by atoms with Crippen molar-refractivity contribution in [3.63, 3.8) is 0 Å². The van der Waals surface area contributed by atoms with E-state index in [0.29, 0.717) is 11.3 Å². The minimum atomic E-state index is -0.588. The summed E-state index contributed by atoms with van der Waals surface area (Å²) in [6, 6.07) is 10.2. The normalized spacial score (nSPS) is 10.5. The van der Waals surface area contributed by atoms with E-state index >= 15 is 0 Å². The summed E-state index contributed by atoms with van der Waals surface area (Å²) in [6.07, 6.45) is 1.70. The van der Waals surface area contributed by atoms with Crippen molar-refractivity contribution in [1.29, 1.82) is 0 Å². The van der Waals surface area contributed by atoms with E-state index in [1.165, 1.54) is 0 Å². The fourth-order valence-corrected chi connectivity index (χ4v) is 2.20. The summed E-state index contributed by atoms with van der Waals surface area (Å²) >= 11 is 0. The fraction of sp³-hybridized carbons (Fsp3) is 0.176. The van der Waals surface area contributed by atoms with Gasteiger partial charge in [-0.15, -0.1) is 0 Å². The zero-order valence-corrected chi connectivity index (χ0v) is 13.7. The van der Waals surface area contributed by atoms with Crippen molar-refractivity contribution >= 4 is 17.7 Å². The van der Waals surface area contributed by atoms with E-state index in [2.05, 4.69) is 15.6 Å². The lowest BCUT2D eigenvalue weighted by Crippen LogP contribution is -2.21. The zero-order valence-electron chi connectivity index (χ0n) is 13.7. The van der Waals surface area contributed by atoms with Gasteiger partial charge in [-0.1, -0.05) is 5.16 Å². The van der Waals surface area contributed by atoms with Gasteiger partial charge in [-0.05, 0) is 44.2 Å². The summed E-state index contributed by atoms with van der Waals surface area (Å²) in [5.41, 5.74) is 2.16. The number of ether oxygens (including phenoxy) is 1. The Morgan fingerprint density at radius 1 is 1.20 bits per heavy atom. The highest BCUT2D eigenvalue weighted by Crippen LogP contribution is 2.12. The number of nitrogens with one attached hydrogen (secondary N) is 1. The summed E-state index contributed by atoms with van der Waals surface area (Å²) in [4.78, 5) is 23.7. The Morgan fingerprint density at radius 3 is 2.56 bits per heavy atom. The minimum absolute atomic E-state index is 0.275. The number of amides is 1. The average molecular weight is 340 g/mol. The maximum atomic E-state index is 12.0. The molecule has 0 radical (unpaired) electrons. The zero-order chi connectivity index (χ0) is 17.8. The number of carbonyl (C=O) groups excluding carboxylic acids is 2. The number of aromatic nitrogens is 3. The van der Waals surface area contributed by atoms with Crippen molar-refractivity contribution in [2.75, 3.05) is 11.9 Å². The number of esters is 1. The summed E-state index contributed by atoms with van der Waals surface area (Å²) < 4.78 is 11.6. The van der Waals surface area contributed by atoms with Gasteiger partial charge in [0.15, 0.2) is 12.4 Å². The van der Waals surface area contributed by atoms with Crippen LogP contribution in [-0.4, -0.2) is 33.4 Å². The van der Waals surface area contributed by atoms with E-state index < -0.39 is 18.5 Å². The van der Waals surface area contributed by atoms with E-state index in [0.717, 1.165) is 11.4 Å². The first-order valence-electron chi connectivity index (χ1n) is 7.54. The number of carbonyl (C=O) groups is 2. The molecule has 1 aromatic carbocycles. The first kappa shape index (κ1) is 16.4. The molecule has 0 unspecified atom stereocenters. The van der Waals surface area contributed by atoms with Gasteiger partial charge < -0.3 is 14.6 Å². The van der Waals surface area contributed by atoms with Crippen LogP contribution in [-0.2, 0) is 9.53 Å². The van der Waals surface area contributed by atoms with Crippen molar-refractivity contribution in [3.8, 4) is 5.69 Å². The number of aryl methyl sites for hydroxylation is 2. The van der Waals surface area contributed by atoms with E-state index in [1.54, 1.807) is 48.1 Å². The molecule has 0 bridgehead atoms. The number of hydrogen-bond donors (Lipinski definition) is 1. The van der Waals surface area contributed by atoms with Crippen molar-refractivity contribution in [1.82, 2.24) is 14.9 Å².